The van der Waals surface area contributed by atoms with Crippen LogP contribution >= 0.6 is 0 Å². The van der Waals surface area contributed by atoms with Crippen molar-refractivity contribution in [3.63, 3.8) is 0 Å². The molecule has 0 bridgehead atoms. The zero-order chi connectivity index (χ0) is 24.9. The molecular formula is C27H26F3N3O2. The number of anilines is 1. The number of hydrogen-bond donors (Lipinski definition) is 0. The summed E-state index contributed by atoms with van der Waals surface area (Å²) in [7, 11) is 0. The molecule has 1 fully saturated rings. The number of hydrogen-bond acceptors (Lipinski definition) is 3. The molecule has 2 aliphatic carbocycles. The number of aromatic nitrogens is 1. The van der Waals surface area contributed by atoms with Crippen LogP contribution in [0.2, 0.25) is 0 Å². The van der Waals surface area contributed by atoms with Crippen LogP contribution in [0.3, 0.4) is 0 Å². The first-order valence-electron chi connectivity index (χ1n) is 11.9. The van der Waals surface area contributed by atoms with Crippen molar-refractivity contribution in [1.82, 2.24) is 9.47 Å². The molecule has 4 aliphatic rings. The van der Waals surface area contributed by atoms with Gasteiger partial charge in [0.15, 0.2) is 0 Å². The molecule has 35 heavy (non-hydrogen) atoms. The molecule has 2 aromatic rings. The minimum Gasteiger partial charge on any atom is -0.326 e. The summed E-state index contributed by atoms with van der Waals surface area (Å²) in [6, 6.07) is 6.38. The number of aryl methyl sites for hydroxylation is 1. The van der Waals surface area contributed by atoms with Gasteiger partial charge in [0.25, 0.3) is 11.5 Å². The Bertz CT molecular complexity index is 1400. The van der Waals surface area contributed by atoms with Crippen molar-refractivity contribution >= 4 is 11.6 Å². The minimum absolute atomic E-state index is 0.107. The molecule has 0 radical (unpaired) electrons. The lowest BCUT2D eigenvalue weighted by molar-refractivity contribution is -0.137. The summed E-state index contributed by atoms with van der Waals surface area (Å²) in [5.74, 6) is -0.318. The summed E-state index contributed by atoms with van der Waals surface area (Å²) in [5.41, 5.74) is 3.82. The van der Waals surface area contributed by atoms with Crippen molar-refractivity contribution in [2.45, 2.75) is 64.8 Å². The Morgan fingerprint density at radius 1 is 1.09 bits per heavy atom. The van der Waals surface area contributed by atoms with Gasteiger partial charge in [0.1, 0.15) is 11.4 Å². The lowest BCUT2D eigenvalue weighted by atomic mass is 9.98. The number of pyridine rings is 1. The second-order valence-electron chi connectivity index (χ2n) is 10.4. The van der Waals surface area contributed by atoms with E-state index >= 15 is 0 Å². The van der Waals surface area contributed by atoms with Crippen LogP contribution in [-0.4, -0.2) is 21.4 Å². The van der Waals surface area contributed by atoms with Gasteiger partial charge in [-0.25, -0.2) is 0 Å². The van der Waals surface area contributed by atoms with Crippen molar-refractivity contribution < 1.29 is 18.0 Å². The highest BCUT2D eigenvalue weighted by Crippen LogP contribution is 2.59. The Hall–Kier alpha value is -3.29. The third-order valence-corrected chi connectivity index (χ3v) is 8.29. The Kier molecular flexibility index (Phi) is 4.51. The molecule has 8 heteroatoms. The van der Waals surface area contributed by atoms with Crippen molar-refractivity contribution in [1.29, 1.82) is 0 Å². The molecule has 1 aromatic heterocycles. The molecule has 1 aromatic carbocycles. The number of benzene rings is 1. The van der Waals surface area contributed by atoms with Crippen molar-refractivity contribution in [3.05, 3.63) is 86.6 Å². The van der Waals surface area contributed by atoms with Crippen LogP contribution in [0, 0.1) is 5.41 Å². The molecule has 0 spiro atoms. The van der Waals surface area contributed by atoms with Gasteiger partial charge in [0.05, 0.1) is 11.6 Å². The zero-order valence-electron chi connectivity index (χ0n) is 19.8. The summed E-state index contributed by atoms with van der Waals surface area (Å²) in [4.78, 5) is 30.6. The van der Waals surface area contributed by atoms with E-state index in [9.17, 15) is 22.8 Å². The zero-order valence-corrected chi connectivity index (χ0v) is 19.8. The standard InChI is InChI=1S/C27H26F3N3O2/c1-15-12-31(14-19-11-26(15,19)3)22-8-9-23-25(35)33(16(2)13-32(23)24(22)34)21-7-5-17-4-6-18(10-20(17)21)27(28,29)30/h4,6,8-10,12,14,16,21H,5,7,11,13H2,1-3H3. The van der Waals surface area contributed by atoms with Gasteiger partial charge in [-0.15, -0.1) is 0 Å². The van der Waals surface area contributed by atoms with Crippen LogP contribution in [0.15, 0.2) is 58.7 Å². The lowest BCUT2D eigenvalue weighted by Crippen LogP contribution is -2.51. The van der Waals surface area contributed by atoms with Crippen LogP contribution in [-0.2, 0) is 19.1 Å². The third-order valence-electron chi connectivity index (χ3n) is 8.29. The molecule has 3 atom stereocenters. The van der Waals surface area contributed by atoms with Gasteiger partial charge < -0.3 is 14.4 Å². The molecule has 5 nitrogen and oxygen atoms in total. The van der Waals surface area contributed by atoms with Crippen molar-refractivity contribution in [2.24, 2.45) is 5.41 Å². The van der Waals surface area contributed by atoms with E-state index in [0.717, 1.165) is 18.1 Å². The number of carbonyl (C=O) groups is 1. The second-order valence-corrected chi connectivity index (χ2v) is 10.4. The summed E-state index contributed by atoms with van der Waals surface area (Å²) >= 11 is 0. The van der Waals surface area contributed by atoms with Gasteiger partial charge in [-0.2, -0.15) is 13.2 Å². The number of halogens is 3. The van der Waals surface area contributed by atoms with E-state index in [0.29, 0.717) is 30.6 Å². The number of allylic oxidation sites excluding steroid dienone is 2. The predicted octanol–water partition coefficient (Wildman–Crippen LogP) is 5.42. The molecule has 6 rings (SSSR count). The van der Waals surface area contributed by atoms with E-state index in [1.807, 2.05) is 24.2 Å². The van der Waals surface area contributed by atoms with Crippen molar-refractivity contribution in [3.8, 4) is 0 Å². The van der Waals surface area contributed by atoms with E-state index in [1.165, 1.54) is 27.8 Å². The first-order chi connectivity index (χ1) is 16.5. The maximum Gasteiger partial charge on any atom is 0.416 e. The highest BCUT2D eigenvalue weighted by molar-refractivity contribution is 5.94. The Morgan fingerprint density at radius 3 is 2.57 bits per heavy atom. The van der Waals surface area contributed by atoms with Crippen LogP contribution in [0.25, 0.3) is 0 Å². The Morgan fingerprint density at radius 2 is 1.86 bits per heavy atom. The summed E-state index contributed by atoms with van der Waals surface area (Å²) in [6.07, 6.45) is 1.72. The molecule has 3 unspecified atom stereocenters. The minimum atomic E-state index is -4.44. The summed E-state index contributed by atoms with van der Waals surface area (Å²) < 4.78 is 41.6. The molecule has 1 amide bonds. The van der Waals surface area contributed by atoms with E-state index in [4.69, 9.17) is 0 Å². The normalized spacial score (nSPS) is 27.2. The topological polar surface area (TPSA) is 45.6 Å². The van der Waals surface area contributed by atoms with E-state index in [2.05, 4.69) is 13.8 Å². The fourth-order valence-corrected chi connectivity index (χ4v) is 5.92. The first-order valence-corrected chi connectivity index (χ1v) is 11.9. The largest absolute Gasteiger partial charge is 0.416 e. The van der Waals surface area contributed by atoms with Gasteiger partial charge in [0.2, 0.25) is 0 Å². The number of carbonyl (C=O) groups excluding carboxylic acids is 1. The molecule has 1 saturated carbocycles. The first kappa shape index (κ1) is 22.2. The molecule has 0 saturated heterocycles. The predicted molar refractivity (Wildman–Crippen MR) is 126 cm³/mol. The smallest absolute Gasteiger partial charge is 0.326 e. The number of alkyl halides is 3. The van der Waals surface area contributed by atoms with Gasteiger partial charge >= 0.3 is 6.18 Å². The second kappa shape index (κ2) is 7.12. The van der Waals surface area contributed by atoms with Crippen LogP contribution in [0.1, 0.15) is 66.8 Å². The molecule has 0 N–H and O–H groups in total. The quantitative estimate of drug-likeness (QED) is 0.576. The SMILES string of the molecule is CC1=CN(c2ccc3n(c2=O)CC(C)N(C2CCc4ccc(C(F)(F)F)cc42)C3=O)C=C2CC12C. The number of amides is 1. The van der Waals surface area contributed by atoms with Gasteiger partial charge in [-0.05, 0) is 79.6 Å². The number of nitrogens with zero attached hydrogens (tertiary/aromatic N) is 3. The van der Waals surface area contributed by atoms with Crippen LogP contribution in [0.5, 0.6) is 0 Å². The third kappa shape index (κ3) is 3.22. The molecule has 2 aliphatic heterocycles. The van der Waals surface area contributed by atoms with Gasteiger partial charge in [-0.1, -0.05) is 13.0 Å². The van der Waals surface area contributed by atoms with Gasteiger partial charge in [0, 0.05) is 30.4 Å². The van der Waals surface area contributed by atoms with Crippen LogP contribution in [0.4, 0.5) is 18.9 Å². The maximum atomic E-state index is 13.6. The molecule has 182 valence electrons. The lowest BCUT2D eigenvalue weighted by Gasteiger charge is -2.40. The monoisotopic (exact) mass is 481 g/mol. The highest BCUT2D eigenvalue weighted by atomic mass is 19.4. The summed E-state index contributed by atoms with van der Waals surface area (Å²) in [5, 5.41) is 0. The van der Waals surface area contributed by atoms with Gasteiger partial charge in [-0.3, -0.25) is 9.59 Å². The number of fused-ring (bicyclic) bond motifs is 3. The molecular weight excluding hydrogens is 455 g/mol. The van der Waals surface area contributed by atoms with Crippen molar-refractivity contribution in [2.75, 3.05) is 4.90 Å². The van der Waals surface area contributed by atoms with E-state index in [1.54, 1.807) is 17.0 Å². The van der Waals surface area contributed by atoms with E-state index < -0.39 is 17.8 Å². The average molecular weight is 482 g/mol. The van der Waals surface area contributed by atoms with E-state index in [-0.39, 0.29) is 28.6 Å². The molecule has 3 heterocycles. The fourth-order valence-electron chi connectivity index (χ4n) is 5.92. The Balaban J connectivity index is 1.35. The maximum absolute atomic E-state index is 13.6. The average Bonchev–Trinajstić information content (AvgIpc) is 3.30. The summed E-state index contributed by atoms with van der Waals surface area (Å²) in [6.45, 7) is 6.41. The fraction of sp³-hybridized carbons (Fsp3) is 0.407. The highest BCUT2D eigenvalue weighted by Gasteiger charge is 2.48. The number of rotatable bonds is 2. The van der Waals surface area contributed by atoms with Crippen LogP contribution < -0.4 is 10.5 Å². The Labute approximate surface area is 201 Å².